The van der Waals surface area contributed by atoms with Gasteiger partial charge in [-0.05, 0) is 37.3 Å². The first kappa shape index (κ1) is 13.3. The van der Waals surface area contributed by atoms with E-state index < -0.39 is 0 Å². The van der Waals surface area contributed by atoms with Gasteiger partial charge in [-0.3, -0.25) is 0 Å². The summed E-state index contributed by atoms with van der Waals surface area (Å²) in [5.74, 6) is 1.56. The zero-order valence-corrected chi connectivity index (χ0v) is 11.5. The van der Waals surface area contributed by atoms with Crippen molar-refractivity contribution >= 4 is 5.95 Å². The molecular formula is C13H19N5O. The van der Waals surface area contributed by atoms with Crippen LogP contribution in [0.5, 0.6) is 5.75 Å². The van der Waals surface area contributed by atoms with Crippen LogP contribution in [0.3, 0.4) is 0 Å². The molecule has 6 heteroatoms. The number of nitrogens with zero attached hydrogens (tertiary/aromatic N) is 4. The maximum Gasteiger partial charge on any atom is 0.243 e. The maximum absolute atomic E-state index is 5.77. The molecule has 0 fully saturated rings. The molecule has 1 heterocycles. The molecule has 0 aliphatic heterocycles. The van der Waals surface area contributed by atoms with Crippen LogP contribution in [-0.2, 0) is 13.1 Å². The summed E-state index contributed by atoms with van der Waals surface area (Å²) in [5, 5.41) is 14.7. The highest BCUT2D eigenvalue weighted by molar-refractivity contribution is 5.36. The zero-order chi connectivity index (χ0) is 13.7. The average molecular weight is 261 g/mol. The molecular weight excluding hydrogens is 242 g/mol. The van der Waals surface area contributed by atoms with E-state index in [1.54, 1.807) is 4.68 Å². The third kappa shape index (κ3) is 3.43. The second-order valence-corrected chi connectivity index (χ2v) is 4.45. The maximum atomic E-state index is 5.77. The molecule has 1 aromatic heterocycles. The summed E-state index contributed by atoms with van der Waals surface area (Å²) in [6, 6.07) is 7.97. The quantitative estimate of drug-likeness (QED) is 0.862. The Balaban J connectivity index is 2.07. The van der Waals surface area contributed by atoms with Gasteiger partial charge in [-0.1, -0.05) is 23.3 Å². The van der Waals surface area contributed by atoms with E-state index in [-0.39, 0.29) is 6.10 Å². The van der Waals surface area contributed by atoms with Crippen molar-refractivity contribution in [1.29, 1.82) is 0 Å². The predicted molar refractivity (Wildman–Crippen MR) is 73.0 cm³/mol. The number of benzene rings is 1. The van der Waals surface area contributed by atoms with Crippen molar-refractivity contribution in [3.8, 4) is 5.75 Å². The molecule has 1 N–H and O–H groups in total. The van der Waals surface area contributed by atoms with Crippen LogP contribution in [-0.4, -0.2) is 26.3 Å². The highest BCUT2D eigenvalue weighted by Gasteiger charge is 2.07. The molecule has 0 unspecified atom stereocenters. The first-order valence-corrected chi connectivity index (χ1v) is 6.45. The molecule has 0 aliphatic carbocycles. The Morgan fingerprint density at radius 3 is 2.84 bits per heavy atom. The topological polar surface area (TPSA) is 64.9 Å². The molecule has 2 aromatic rings. The number of aromatic nitrogens is 4. The molecule has 19 heavy (non-hydrogen) atoms. The molecule has 0 radical (unpaired) electrons. The molecule has 0 saturated carbocycles. The van der Waals surface area contributed by atoms with Crippen LogP contribution in [0.15, 0.2) is 24.3 Å². The Morgan fingerprint density at radius 1 is 1.32 bits per heavy atom. The van der Waals surface area contributed by atoms with E-state index in [0.29, 0.717) is 12.5 Å². The van der Waals surface area contributed by atoms with Gasteiger partial charge in [-0.2, -0.15) is 0 Å². The molecule has 0 bridgehead atoms. The van der Waals surface area contributed by atoms with Gasteiger partial charge >= 0.3 is 0 Å². The van der Waals surface area contributed by atoms with Gasteiger partial charge in [0.15, 0.2) is 0 Å². The van der Waals surface area contributed by atoms with Crippen molar-refractivity contribution in [2.45, 2.75) is 40.0 Å². The standard InChI is InChI=1S/C13H19N5O/c1-4-18-13(15-16-17-18)14-9-11-7-5-6-8-12(11)19-10(2)3/h5-8,10H,4,9H2,1-3H3,(H,14,15,17). The Bertz CT molecular complexity index is 523. The molecule has 0 amide bonds. The summed E-state index contributed by atoms with van der Waals surface area (Å²) in [7, 11) is 0. The van der Waals surface area contributed by atoms with E-state index in [2.05, 4.69) is 20.8 Å². The molecule has 102 valence electrons. The van der Waals surface area contributed by atoms with Gasteiger partial charge in [0.05, 0.1) is 6.10 Å². The highest BCUT2D eigenvalue weighted by atomic mass is 16.5. The fraction of sp³-hybridized carbons (Fsp3) is 0.462. The number of ether oxygens (including phenoxy) is 1. The van der Waals surface area contributed by atoms with Gasteiger partial charge in [0.1, 0.15) is 5.75 Å². The SMILES string of the molecule is CCn1nnnc1NCc1ccccc1OC(C)C. The second-order valence-electron chi connectivity index (χ2n) is 4.45. The number of anilines is 1. The van der Waals surface area contributed by atoms with Crippen molar-refractivity contribution in [3.63, 3.8) is 0 Å². The van der Waals surface area contributed by atoms with E-state index in [1.165, 1.54) is 0 Å². The summed E-state index contributed by atoms with van der Waals surface area (Å²) in [6.45, 7) is 7.39. The Labute approximate surface area is 112 Å². The van der Waals surface area contributed by atoms with E-state index in [1.807, 2.05) is 45.0 Å². The monoisotopic (exact) mass is 261 g/mol. The number of rotatable bonds is 6. The summed E-state index contributed by atoms with van der Waals surface area (Å²) in [6.07, 6.45) is 0.155. The molecule has 6 nitrogen and oxygen atoms in total. The van der Waals surface area contributed by atoms with Crippen LogP contribution in [0.25, 0.3) is 0 Å². The smallest absolute Gasteiger partial charge is 0.243 e. The van der Waals surface area contributed by atoms with Crippen LogP contribution in [0.1, 0.15) is 26.3 Å². The van der Waals surface area contributed by atoms with Crippen LogP contribution in [0.2, 0.25) is 0 Å². The lowest BCUT2D eigenvalue weighted by molar-refractivity contribution is 0.240. The molecule has 0 spiro atoms. The van der Waals surface area contributed by atoms with Crippen molar-refractivity contribution in [2.24, 2.45) is 0 Å². The molecule has 1 aromatic carbocycles. The number of hydrogen-bond donors (Lipinski definition) is 1. The van der Waals surface area contributed by atoms with Gasteiger partial charge in [-0.25, -0.2) is 4.68 Å². The Kier molecular flexibility index (Phi) is 4.33. The zero-order valence-electron chi connectivity index (χ0n) is 11.5. The summed E-state index contributed by atoms with van der Waals surface area (Å²) >= 11 is 0. The molecule has 2 rings (SSSR count). The van der Waals surface area contributed by atoms with Crippen LogP contribution >= 0.6 is 0 Å². The minimum absolute atomic E-state index is 0.155. The van der Waals surface area contributed by atoms with Crippen molar-refractivity contribution in [1.82, 2.24) is 20.2 Å². The average Bonchev–Trinajstić information content (AvgIpc) is 2.84. The molecule has 0 saturated heterocycles. The van der Waals surface area contributed by atoms with E-state index in [4.69, 9.17) is 4.74 Å². The minimum Gasteiger partial charge on any atom is -0.491 e. The normalized spacial score (nSPS) is 10.7. The molecule has 0 aliphatic rings. The minimum atomic E-state index is 0.155. The lowest BCUT2D eigenvalue weighted by atomic mass is 10.2. The van der Waals surface area contributed by atoms with Gasteiger partial charge < -0.3 is 10.1 Å². The lowest BCUT2D eigenvalue weighted by Crippen LogP contribution is -2.11. The second kappa shape index (κ2) is 6.17. The first-order valence-electron chi connectivity index (χ1n) is 6.45. The number of tetrazole rings is 1. The van der Waals surface area contributed by atoms with E-state index in [0.717, 1.165) is 17.9 Å². The third-order valence-electron chi connectivity index (χ3n) is 2.60. The predicted octanol–water partition coefficient (Wildman–Crippen LogP) is 2.09. The van der Waals surface area contributed by atoms with E-state index >= 15 is 0 Å². The van der Waals surface area contributed by atoms with Crippen molar-refractivity contribution in [2.75, 3.05) is 5.32 Å². The largest absolute Gasteiger partial charge is 0.491 e. The fourth-order valence-electron chi connectivity index (χ4n) is 1.74. The van der Waals surface area contributed by atoms with Crippen molar-refractivity contribution in [3.05, 3.63) is 29.8 Å². The molecule has 0 atom stereocenters. The van der Waals surface area contributed by atoms with E-state index in [9.17, 15) is 0 Å². The van der Waals surface area contributed by atoms with Gasteiger partial charge in [0.2, 0.25) is 5.95 Å². The van der Waals surface area contributed by atoms with Crippen molar-refractivity contribution < 1.29 is 4.74 Å². The fourth-order valence-corrected chi connectivity index (χ4v) is 1.74. The number of para-hydroxylation sites is 1. The summed E-state index contributed by atoms with van der Waals surface area (Å²) in [4.78, 5) is 0. The van der Waals surface area contributed by atoms with Crippen LogP contribution in [0, 0.1) is 0 Å². The third-order valence-corrected chi connectivity index (χ3v) is 2.60. The Hall–Kier alpha value is -2.11. The number of aryl methyl sites for hydroxylation is 1. The van der Waals surface area contributed by atoms with Gasteiger partial charge in [-0.15, -0.1) is 0 Å². The first-order chi connectivity index (χ1) is 9.20. The number of nitrogens with one attached hydrogen (secondary N) is 1. The summed E-state index contributed by atoms with van der Waals surface area (Å²) in [5.41, 5.74) is 1.09. The van der Waals surface area contributed by atoms with Gasteiger partial charge in [0, 0.05) is 18.7 Å². The van der Waals surface area contributed by atoms with Crippen LogP contribution < -0.4 is 10.1 Å². The lowest BCUT2D eigenvalue weighted by Gasteiger charge is -2.14. The number of hydrogen-bond acceptors (Lipinski definition) is 5. The highest BCUT2D eigenvalue weighted by Crippen LogP contribution is 2.20. The Morgan fingerprint density at radius 2 is 2.11 bits per heavy atom. The summed E-state index contributed by atoms with van der Waals surface area (Å²) < 4.78 is 7.49. The van der Waals surface area contributed by atoms with Crippen LogP contribution in [0.4, 0.5) is 5.95 Å². The van der Waals surface area contributed by atoms with Gasteiger partial charge in [0.25, 0.3) is 0 Å².